The summed E-state index contributed by atoms with van der Waals surface area (Å²) < 4.78 is 11.2. The van der Waals surface area contributed by atoms with Crippen LogP contribution in [0.2, 0.25) is 0 Å². The highest BCUT2D eigenvalue weighted by molar-refractivity contribution is 6.18. The van der Waals surface area contributed by atoms with E-state index in [4.69, 9.17) is 9.47 Å². The number of carbonyl (C=O) groups excluding carboxylic acids is 3. The van der Waals surface area contributed by atoms with Crippen LogP contribution >= 0.6 is 0 Å². The Labute approximate surface area is 171 Å². The lowest BCUT2D eigenvalue weighted by Gasteiger charge is -2.39. The zero-order valence-corrected chi connectivity index (χ0v) is 17.2. The summed E-state index contributed by atoms with van der Waals surface area (Å²) in [7, 11) is 0. The number of ether oxygens (including phenoxy) is 2. The van der Waals surface area contributed by atoms with Crippen LogP contribution in [0.25, 0.3) is 0 Å². The quantitative estimate of drug-likeness (QED) is 0.317. The monoisotopic (exact) mass is 425 g/mol. The average Bonchev–Trinajstić information content (AvgIpc) is 2.94. The molecule has 0 radical (unpaired) electrons. The van der Waals surface area contributed by atoms with Gasteiger partial charge in [0.15, 0.2) is 5.78 Å². The third-order valence-corrected chi connectivity index (χ3v) is 7.02. The first-order valence-corrected chi connectivity index (χ1v) is 10.8. The molecule has 2 aliphatic heterocycles. The molecule has 0 amide bonds. The second-order valence-electron chi connectivity index (χ2n) is 9.50. The number of aliphatic hydroxyl groups excluding tert-OH is 1. The van der Waals surface area contributed by atoms with Crippen molar-refractivity contribution in [2.24, 2.45) is 35.5 Å². The largest absolute Gasteiger partial charge is 0.461 e. The number of ketones is 1. The molecule has 0 aromatic rings. The van der Waals surface area contributed by atoms with Gasteiger partial charge in [0.25, 0.3) is 0 Å². The van der Waals surface area contributed by atoms with Gasteiger partial charge in [-0.1, -0.05) is 39.0 Å². The van der Waals surface area contributed by atoms with E-state index >= 15 is 0 Å². The molecule has 2 fully saturated rings. The molecule has 8 atom stereocenters. The molecule has 0 spiro atoms. The van der Waals surface area contributed by atoms with Crippen molar-refractivity contribution in [3.05, 3.63) is 23.8 Å². The van der Waals surface area contributed by atoms with E-state index in [0.717, 1.165) is 6.42 Å². The van der Waals surface area contributed by atoms with Crippen LogP contribution < -0.4 is 0 Å². The molecule has 5 aliphatic rings. The summed E-state index contributed by atoms with van der Waals surface area (Å²) in [5.74, 6) is -0.775. The van der Waals surface area contributed by atoms with Gasteiger partial charge in [0.1, 0.15) is 12.2 Å². The minimum Gasteiger partial charge on any atom is -0.461 e. The summed E-state index contributed by atoms with van der Waals surface area (Å²) >= 11 is 0. The predicted octanol–water partition coefficient (Wildman–Crippen LogP) is 2.59. The van der Waals surface area contributed by atoms with Crippen LogP contribution in [-0.2, 0) is 23.9 Å². The first-order chi connectivity index (χ1) is 13.7. The number of carbonyl (C=O) groups is 3. The van der Waals surface area contributed by atoms with Gasteiger partial charge in [-0.2, -0.15) is 0 Å². The van der Waals surface area contributed by atoms with Gasteiger partial charge in [-0.05, 0) is 36.5 Å². The van der Waals surface area contributed by atoms with E-state index in [2.05, 4.69) is 19.1 Å². The Kier molecular flexibility index (Phi) is 5.40. The van der Waals surface area contributed by atoms with Gasteiger partial charge < -0.3 is 14.6 Å². The van der Waals surface area contributed by atoms with Crippen LogP contribution in [0.4, 0.5) is 0 Å². The Morgan fingerprint density at radius 3 is 2.62 bits per heavy atom. The number of allylic oxidation sites excluding steroid dienone is 2. The van der Waals surface area contributed by atoms with Gasteiger partial charge >= 0.3 is 11.9 Å². The summed E-state index contributed by atoms with van der Waals surface area (Å²) in [6, 6.07) is 0. The molecule has 5 rings (SSSR count). The van der Waals surface area contributed by atoms with Gasteiger partial charge in [0.05, 0.1) is 17.6 Å². The van der Waals surface area contributed by atoms with Gasteiger partial charge in [-0.25, -0.2) is 4.79 Å². The predicted molar refractivity (Wildman–Crippen MR) is 104 cm³/mol. The SMILES string of the molecule is [13CH3][13CH]([13CH3])[13C](=O)O[13C@H]1[13C@@H]2[13CH]=[13CH][13C@H]3[13CH2][13C@@H](O)[13CH2][13C@H]4[13CH2][13C](=O)/[13C](=[13CH]/[13C@H]3[13C@@H]2[13CH2][13C@H]1[13CH3])[13C](=O)O4. The first-order valence-electron chi connectivity index (χ1n) is 10.8. The Morgan fingerprint density at radius 1 is 1.17 bits per heavy atom. The minimum atomic E-state index is -0.629. The fourth-order valence-corrected chi connectivity index (χ4v) is 5.56. The van der Waals surface area contributed by atoms with Crippen molar-refractivity contribution in [2.45, 2.75) is 64.8 Å². The molecule has 1 N–H and O–H groups in total. The number of Topliss-reactive ketones (excluding diaryl/α,β-unsaturated/α-hetero) is 1. The van der Waals surface area contributed by atoms with Crippen molar-refractivity contribution >= 4 is 17.7 Å². The molecule has 2 heterocycles. The molecule has 1 saturated carbocycles. The number of fused-ring (bicyclic) bond motifs is 5. The number of hydrogen-bond acceptors (Lipinski definition) is 6. The van der Waals surface area contributed by atoms with Crippen LogP contribution in [0.3, 0.4) is 0 Å². The van der Waals surface area contributed by atoms with E-state index in [-0.39, 0.29) is 65.4 Å². The molecule has 6 heteroatoms. The highest BCUT2D eigenvalue weighted by Crippen LogP contribution is 2.50. The standard InChI is InChI=1S/C23H30O6/c1-11(2)22(26)29-21-12(3)6-18-16(21)5-4-13-7-14(24)8-15-9-20(25)19(10-17(13)18)23(27)28-15/h4-5,10-18,21,24H,6-9H2,1-3H3/b19-10-/t12-,13+,14-,15+,16-,17-,18-,21-/m1/s1/i1+1,2+1,3+1,4+1,5+1,6+1,7+1,8+1,9+1,10+1,11+1,12+1,13+1,14+1,15+1,16+1,17+1,18+1,19+1,20+1,21+1,22+1,23+1. The summed E-state index contributed by atoms with van der Waals surface area (Å²) in [4.78, 5) is 37.3. The average molecular weight is 425 g/mol. The van der Waals surface area contributed by atoms with Crippen molar-refractivity contribution in [3.63, 3.8) is 0 Å². The molecular weight excluding hydrogens is 395 g/mol. The normalized spacial score (nSPS) is 43.3. The second-order valence-corrected chi connectivity index (χ2v) is 9.50. The molecule has 0 aromatic heterocycles. The number of aliphatic hydroxyl groups is 1. The van der Waals surface area contributed by atoms with Crippen molar-refractivity contribution < 1.29 is 29.0 Å². The lowest BCUT2D eigenvalue weighted by molar-refractivity contribution is -0.156. The first kappa shape index (κ1) is 20.3. The highest BCUT2D eigenvalue weighted by Gasteiger charge is 2.49. The Hall–Kier alpha value is -1.95. The molecule has 6 nitrogen and oxygen atoms in total. The van der Waals surface area contributed by atoms with Crippen molar-refractivity contribution in [1.82, 2.24) is 0 Å². The molecule has 0 unspecified atom stereocenters. The van der Waals surface area contributed by atoms with Gasteiger partial charge in [0, 0.05) is 18.8 Å². The summed E-state index contributed by atoms with van der Waals surface area (Å²) in [5, 5.41) is 10.6. The van der Waals surface area contributed by atoms with Gasteiger partial charge in [-0.3, -0.25) is 9.59 Å². The van der Waals surface area contributed by atoms with Crippen molar-refractivity contribution in [1.29, 1.82) is 0 Å². The van der Waals surface area contributed by atoms with Crippen LogP contribution in [0.15, 0.2) is 23.8 Å². The molecular formula is C23H30O6. The Bertz CT molecular complexity index is 745. The van der Waals surface area contributed by atoms with E-state index in [1.54, 1.807) is 6.08 Å². The minimum absolute atomic E-state index is 0.0467. The topological polar surface area (TPSA) is 89.9 Å². The van der Waals surface area contributed by atoms with Crippen LogP contribution in [0, 0.1) is 35.5 Å². The molecule has 158 valence electrons. The number of esters is 2. The second kappa shape index (κ2) is 7.71. The van der Waals surface area contributed by atoms with Crippen LogP contribution in [0.5, 0.6) is 0 Å². The van der Waals surface area contributed by atoms with Gasteiger partial charge in [-0.15, -0.1) is 0 Å². The fraction of sp³-hybridized carbons (Fsp3) is 0.696. The smallest absolute Gasteiger partial charge is 0.341 e. The Morgan fingerprint density at radius 2 is 1.93 bits per heavy atom. The van der Waals surface area contributed by atoms with E-state index in [1.165, 1.54) is 0 Å². The number of hydrogen-bond donors (Lipinski definition) is 1. The van der Waals surface area contributed by atoms with E-state index in [0.29, 0.717) is 12.8 Å². The lowest BCUT2D eigenvalue weighted by Crippen LogP contribution is -2.40. The van der Waals surface area contributed by atoms with E-state index in [9.17, 15) is 19.5 Å². The molecule has 1 saturated heterocycles. The fourth-order valence-electron chi connectivity index (χ4n) is 5.56. The molecule has 0 aromatic carbocycles. The summed E-state index contributed by atoms with van der Waals surface area (Å²) in [6.45, 7) is 5.74. The maximum Gasteiger partial charge on any atom is 0.341 e. The highest BCUT2D eigenvalue weighted by atomic mass is 16.7. The zero-order chi connectivity index (χ0) is 20.9. The Balaban J connectivity index is 1.68. The summed E-state index contributed by atoms with van der Waals surface area (Å²) in [6.07, 6.45) is 6.49. The molecule has 2 bridgehead atoms. The van der Waals surface area contributed by atoms with E-state index in [1.807, 2.05) is 13.8 Å². The van der Waals surface area contributed by atoms with Crippen molar-refractivity contribution in [2.75, 3.05) is 0 Å². The molecule has 29 heavy (non-hydrogen) atoms. The van der Waals surface area contributed by atoms with Gasteiger partial charge in [0.2, 0.25) is 0 Å². The zero-order valence-electron chi connectivity index (χ0n) is 17.2. The number of rotatable bonds is 2. The maximum atomic E-state index is 12.6. The van der Waals surface area contributed by atoms with E-state index < -0.39 is 18.2 Å². The summed E-state index contributed by atoms with van der Waals surface area (Å²) in [5.41, 5.74) is 0.150. The third kappa shape index (κ3) is 3.79. The maximum absolute atomic E-state index is 12.6. The van der Waals surface area contributed by atoms with Crippen molar-refractivity contribution in [3.8, 4) is 0 Å². The lowest BCUT2D eigenvalue weighted by atomic mass is 10.7. The van der Waals surface area contributed by atoms with Crippen LogP contribution in [0.1, 0.15) is 46.5 Å². The third-order valence-electron chi connectivity index (χ3n) is 7.02. The van der Waals surface area contributed by atoms with Crippen LogP contribution in [-0.4, -0.2) is 41.1 Å². The molecule has 3 aliphatic carbocycles.